The van der Waals surface area contributed by atoms with E-state index in [-0.39, 0.29) is 17.9 Å². The van der Waals surface area contributed by atoms with Gasteiger partial charge in [-0.2, -0.15) is 0 Å². The molecule has 1 atom stereocenters. The minimum atomic E-state index is -0.478. The van der Waals surface area contributed by atoms with Crippen molar-refractivity contribution in [3.05, 3.63) is 0 Å². The summed E-state index contributed by atoms with van der Waals surface area (Å²) in [5, 5.41) is 6.23. The molecule has 6 nitrogen and oxygen atoms in total. The third-order valence-electron chi connectivity index (χ3n) is 3.60. The Morgan fingerprint density at radius 3 is 2.29 bits per heavy atom. The molecule has 2 amide bonds. The Bertz CT molecular complexity index is 358. The summed E-state index contributed by atoms with van der Waals surface area (Å²) in [6.45, 7) is 8.06. The van der Waals surface area contributed by atoms with Gasteiger partial charge >= 0.3 is 6.09 Å². The van der Waals surface area contributed by atoms with Crippen LogP contribution in [0.5, 0.6) is 0 Å². The number of ether oxygens (including phenoxy) is 1. The summed E-state index contributed by atoms with van der Waals surface area (Å²) < 4.78 is 5.19. The van der Waals surface area contributed by atoms with Crippen molar-refractivity contribution in [2.24, 2.45) is 11.7 Å². The number of hydrogen-bond donors (Lipinski definition) is 3. The predicted octanol–water partition coefficient (Wildman–Crippen LogP) is 1.53. The zero-order valence-electron chi connectivity index (χ0n) is 13.6. The second kappa shape index (κ2) is 7.64. The van der Waals surface area contributed by atoms with Crippen molar-refractivity contribution in [1.29, 1.82) is 0 Å². The lowest BCUT2D eigenvalue weighted by Gasteiger charge is -2.30. The van der Waals surface area contributed by atoms with Gasteiger partial charge in [-0.1, -0.05) is 0 Å². The van der Waals surface area contributed by atoms with Gasteiger partial charge < -0.3 is 21.1 Å². The molecule has 0 radical (unpaired) electrons. The van der Waals surface area contributed by atoms with Crippen LogP contribution in [0.4, 0.5) is 4.79 Å². The largest absolute Gasteiger partial charge is 0.444 e. The molecule has 1 aliphatic carbocycles. The first kappa shape index (κ1) is 17.8. The highest BCUT2D eigenvalue weighted by Gasteiger charge is 2.25. The molecule has 1 rings (SSSR count). The van der Waals surface area contributed by atoms with Crippen molar-refractivity contribution < 1.29 is 14.3 Å². The van der Waals surface area contributed by atoms with Crippen molar-refractivity contribution in [3.63, 3.8) is 0 Å². The highest BCUT2D eigenvalue weighted by atomic mass is 16.6. The van der Waals surface area contributed by atoms with Gasteiger partial charge in [0, 0.05) is 24.5 Å². The van der Waals surface area contributed by atoms with E-state index in [4.69, 9.17) is 10.5 Å². The molecule has 6 heteroatoms. The van der Waals surface area contributed by atoms with E-state index in [1.54, 1.807) is 0 Å². The maximum absolute atomic E-state index is 11.6. The molecule has 122 valence electrons. The van der Waals surface area contributed by atoms with E-state index >= 15 is 0 Å². The molecule has 0 aromatic heterocycles. The van der Waals surface area contributed by atoms with Gasteiger partial charge in [0.25, 0.3) is 0 Å². The van der Waals surface area contributed by atoms with Crippen molar-refractivity contribution in [3.8, 4) is 0 Å². The molecule has 1 unspecified atom stereocenters. The summed E-state index contributed by atoms with van der Waals surface area (Å²) in [6, 6.07) is 0.545. The first-order valence-electron chi connectivity index (χ1n) is 7.69. The maximum atomic E-state index is 11.6. The fourth-order valence-electron chi connectivity index (χ4n) is 2.56. The van der Waals surface area contributed by atoms with Crippen LogP contribution < -0.4 is 16.4 Å². The molecule has 0 spiro atoms. The Kier molecular flexibility index (Phi) is 6.45. The third-order valence-corrected chi connectivity index (χ3v) is 3.60. The SMILES string of the molecule is CC(CNC(=O)OC(C)(C)C)NC1CCC(C(N)=O)CC1. The monoisotopic (exact) mass is 299 g/mol. The Morgan fingerprint density at radius 2 is 1.81 bits per heavy atom. The van der Waals surface area contributed by atoms with Crippen molar-refractivity contribution in [2.75, 3.05) is 6.54 Å². The number of nitrogens with two attached hydrogens (primary N) is 1. The molecule has 21 heavy (non-hydrogen) atoms. The molecule has 0 aromatic rings. The van der Waals surface area contributed by atoms with Crippen molar-refractivity contribution in [2.45, 2.75) is 71.1 Å². The molecule has 0 bridgehead atoms. The lowest BCUT2D eigenvalue weighted by Crippen LogP contribution is -2.46. The number of carbonyl (C=O) groups excluding carboxylic acids is 2. The molecule has 1 aliphatic rings. The Hall–Kier alpha value is -1.30. The van der Waals surface area contributed by atoms with E-state index in [1.165, 1.54) is 0 Å². The third kappa shape index (κ3) is 7.32. The number of hydrogen-bond acceptors (Lipinski definition) is 4. The standard InChI is InChI=1S/C15H29N3O3/c1-10(9-17-14(20)21-15(2,3)4)18-12-7-5-11(6-8-12)13(16)19/h10-12,18H,5-9H2,1-4H3,(H2,16,19)(H,17,20). The van der Waals surface area contributed by atoms with Crippen molar-refractivity contribution >= 4 is 12.0 Å². The van der Waals surface area contributed by atoms with Crippen molar-refractivity contribution in [1.82, 2.24) is 10.6 Å². The average Bonchev–Trinajstić information content (AvgIpc) is 2.35. The van der Waals surface area contributed by atoms with E-state index < -0.39 is 11.7 Å². The van der Waals surface area contributed by atoms with E-state index in [0.29, 0.717) is 12.6 Å². The molecule has 0 aromatic carbocycles. The second-order valence-corrected chi connectivity index (χ2v) is 6.90. The summed E-state index contributed by atoms with van der Waals surface area (Å²) in [4.78, 5) is 22.7. The van der Waals surface area contributed by atoms with Gasteiger partial charge in [-0.3, -0.25) is 4.79 Å². The number of amides is 2. The van der Waals surface area contributed by atoms with Gasteiger partial charge in [-0.05, 0) is 53.4 Å². The minimum Gasteiger partial charge on any atom is -0.444 e. The van der Waals surface area contributed by atoms with Gasteiger partial charge in [0.15, 0.2) is 0 Å². The summed E-state index contributed by atoms with van der Waals surface area (Å²) in [5.41, 5.74) is 4.85. The van der Waals surface area contributed by atoms with Crippen LogP contribution in [0.2, 0.25) is 0 Å². The molecule has 0 aliphatic heterocycles. The average molecular weight is 299 g/mol. The highest BCUT2D eigenvalue weighted by molar-refractivity contribution is 5.76. The molecular weight excluding hydrogens is 270 g/mol. The Balaban J connectivity index is 2.21. The van der Waals surface area contributed by atoms with E-state index in [2.05, 4.69) is 10.6 Å². The van der Waals surface area contributed by atoms with Crippen LogP contribution >= 0.6 is 0 Å². The second-order valence-electron chi connectivity index (χ2n) is 6.90. The lowest BCUT2D eigenvalue weighted by molar-refractivity contribution is -0.122. The molecule has 1 saturated carbocycles. The fraction of sp³-hybridized carbons (Fsp3) is 0.867. The first-order valence-corrected chi connectivity index (χ1v) is 7.69. The number of primary amides is 1. The summed E-state index contributed by atoms with van der Waals surface area (Å²) in [5.74, 6) is -0.161. The quantitative estimate of drug-likeness (QED) is 0.717. The molecular formula is C15H29N3O3. The van der Waals surface area contributed by atoms with Crippen LogP contribution in [-0.2, 0) is 9.53 Å². The number of alkyl carbamates (subject to hydrolysis) is 1. The Labute approximate surface area is 127 Å². The van der Waals surface area contributed by atoms with E-state index in [9.17, 15) is 9.59 Å². The van der Waals surface area contributed by atoms with Crippen LogP contribution in [0.1, 0.15) is 53.4 Å². The van der Waals surface area contributed by atoms with Gasteiger partial charge in [0.1, 0.15) is 5.60 Å². The van der Waals surface area contributed by atoms with Crippen LogP contribution in [0.15, 0.2) is 0 Å². The lowest BCUT2D eigenvalue weighted by atomic mass is 9.85. The number of carbonyl (C=O) groups is 2. The smallest absolute Gasteiger partial charge is 0.407 e. The van der Waals surface area contributed by atoms with Gasteiger partial charge in [-0.15, -0.1) is 0 Å². The van der Waals surface area contributed by atoms with Gasteiger partial charge in [-0.25, -0.2) is 4.79 Å². The Morgan fingerprint density at radius 1 is 1.24 bits per heavy atom. The normalized spacial score (nSPS) is 24.2. The maximum Gasteiger partial charge on any atom is 0.407 e. The van der Waals surface area contributed by atoms with Gasteiger partial charge in [0.05, 0.1) is 0 Å². The molecule has 4 N–H and O–H groups in total. The zero-order chi connectivity index (χ0) is 16.0. The van der Waals surface area contributed by atoms with Crippen LogP contribution in [0, 0.1) is 5.92 Å². The zero-order valence-corrected chi connectivity index (χ0v) is 13.6. The molecule has 0 heterocycles. The van der Waals surface area contributed by atoms with Gasteiger partial charge in [0.2, 0.25) is 5.91 Å². The highest BCUT2D eigenvalue weighted by Crippen LogP contribution is 2.24. The summed E-state index contributed by atoms with van der Waals surface area (Å²) >= 11 is 0. The topological polar surface area (TPSA) is 93.4 Å². The molecule has 1 fully saturated rings. The van der Waals surface area contributed by atoms with Crippen LogP contribution in [0.3, 0.4) is 0 Å². The van der Waals surface area contributed by atoms with Crippen LogP contribution in [-0.4, -0.2) is 36.2 Å². The van der Waals surface area contributed by atoms with E-state index in [0.717, 1.165) is 25.7 Å². The summed E-state index contributed by atoms with van der Waals surface area (Å²) in [7, 11) is 0. The van der Waals surface area contributed by atoms with E-state index in [1.807, 2.05) is 27.7 Å². The summed E-state index contributed by atoms with van der Waals surface area (Å²) in [6.07, 6.45) is 3.20. The fourth-order valence-corrected chi connectivity index (χ4v) is 2.56. The number of nitrogens with one attached hydrogen (secondary N) is 2. The predicted molar refractivity (Wildman–Crippen MR) is 81.8 cm³/mol. The number of rotatable bonds is 5. The molecule has 0 saturated heterocycles. The van der Waals surface area contributed by atoms with Crippen LogP contribution in [0.25, 0.3) is 0 Å². The first-order chi connectivity index (χ1) is 9.67. The minimum absolute atomic E-state index is 0.0262.